The smallest absolute Gasteiger partial charge is 0.279 e. The number of rotatable bonds is 10. The molecule has 0 bridgehead atoms. The minimum Gasteiger partial charge on any atom is -0.351 e. The van der Waals surface area contributed by atoms with E-state index < -0.39 is 0 Å². The molecule has 1 aliphatic rings. The van der Waals surface area contributed by atoms with Gasteiger partial charge in [-0.1, -0.05) is 11.6 Å². The molecule has 0 radical (unpaired) electrons. The first-order valence-corrected chi connectivity index (χ1v) is 10.9. The van der Waals surface area contributed by atoms with Gasteiger partial charge in [0, 0.05) is 24.8 Å². The molecule has 3 amide bonds. The summed E-state index contributed by atoms with van der Waals surface area (Å²) in [6, 6.07) is 6.65. The van der Waals surface area contributed by atoms with Crippen molar-refractivity contribution in [3.05, 3.63) is 35.9 Å². The van der Waals surface area contributed by atoms with Crippen LogP contribution >= 0.6 is 0 Å². The molecule has 0 spiro atoms. The number of anilines is 2. The van der Waals surface area contributed by atoms with Crippen LogP contribution in [0.1, 0.15) is 52.9 Å². The lowest BCUT2D eigenvalue weighted by molar-refractivity contribution is -0.904. The van der Waals surface area contributed by atoms with Crippen LogP contribution in [0.25, 0.3) is 0 Å². The number of allylic oxidation sites excluding steroid dienone is 1. The lowest BCUT2D eigenvalue weighted by atomic mass is 9.97. The summed E-state index contributed by atoms with van der Waals surface area (Å²) in [6.07, 6.45) is 8.02. The summed E-state index contributed by atoms with van der Waals surface area (Å²) >= 11 is 0. The summed E-state index contributed by atoms with van der Waals surface area (Å²) in [4.78, 5) is 37.0. The maximum absolute atomic E-state index is 12.5. The van der Waals surface area contributed by atoms with Crippen molar-refractivity contribution in [2.45, 2.75) is 58.9 Å². The number of nitrogens with one attached hydrogen (secondary N) is 4. The van der Waals surface area contributed by atoms with Gasteiger partial charge in [-0.05, 0) is 70.2 Å². The molecule has 0 saturated heterocycles. The second-order valence-corrected chi connectivity index (χ2v) is 7.87. The van der Waals surface area contributed by atoms with Gasteiger partial charge < -0.3 is 20.9 Å². The van der Waals surface area contributed by atoms with Gasteiger partial charge in [-0.15, -0.1) is 0 Å². The third-order valence-corrected chi connectivity index (χ3v) is 5.47. The first-order valence-electron chi connectivity index (χ1n) is 10.9. The Morgan fingerprint density at radius 3 is 2.30 bits per heavy atom. The third-order valence-electron chi connectivity index (χ3n) is 5.47. The summed E-state index contributed by atoms with van der Waals surface area (Å²) in [6.45, 7) is 6.82. The lowest BCUT2D eigenvalue weighted by Gasteiger charge is -2.23. The van der Waals surface area contributed by atoms with Crippen LogP contribution in [0.15, 0.2) is 35.9 Å². The summed E-state index contributed by atoms with van der Waals surface area (Å²) < 4.78 is 0. The van der Waals surface area contributed by atoms with Crippen LogP contribution in [0.5, 0.6) is 0 Å². The van der Waals surface area contributed by atoms with E-state index in [1.807, 2.05) is 13.8 Å². The van der Waals surface area contributed by atoms with Gasteiger partial charge in [0.05, 0.1) is 6.54 Å². The molecule has 0 heterocycles. The van der Waals surface area contributed by atoms with Crippen LogP contribution < -0.4 is 20.9 Å². The molecule has 7 heteroatoms. The molecule has 0 fully saturated rings. The third kappa shape index (κ3) is 7.99. The van der Waals surface area contributed by atoms with Crippen molar-refractivity contribution in [1.82, 2.24) is 5.32 Å². The molecular formula is C23H35N4O3+. The Morgan fingerprint density at radius 2 is 1.73 bits per heavy atom. The van der Waals surface area contributed by atoms with E-state index in [1.54, 1.807) is 24.3 Å². The van der Waals surface area contributed by atoms with Crippen LogP contribution in [-0.2, 0) is 14.4 Å². The molecule has 4 N–H and O–H groups in total. The maximum atomic E-state index is 12.5. The zero-order valence-electron chi connectivity index (χ0n) is 18.3. The fraction of sp³-hybridized carbons (Fsp3) is 0.522. The molecular weight excluding hydrogens is 380 g/mol. The fourth-order valence-electron chi connectivity index (χ4n) is 3.65. The highest BCUT2D eigenvalue weighted by Crippen LogP contribution is 2.19. The van der Waals surface area contributed by atoms with E-state index in [0.29, 0.717) is 24.5 Å². The average Bonchev–Trinajstić information content (AvgIpc) is 2.73. The number of likely N-dealkylation sites (N-methyl/N-ethyl adjacent to an activating group) is 1. The molecule has 1 aromatic rings. The molecule has 1 unspecified atom stereocenters. The van der Waals surface area contributed by atoms with Crippen LogP contribution in [-0.4, -0.2) is 43.4 Å². The minimum absolute atomic E-state index is 0.0179. The number of quaternary nitrogens is 1. The van der Waals surface area contributed by atoms with E-state index in [0.717, 1.165) is 24.2 Å². The zero-order valence-corrected chi connectivity index (χ0v) is 18.3. The second-order valence-electron chi connectivity index (χ2n) is 7.87. The van der Waals surface area contributed by atoms with Gasteiger partial charge in [-0.3, -0.25) is 14.4 Å². The van der Waals surface area contributed by atoms with Crippen molar-refractivity contribution in [1.29, 1.82) is 0 Å². The fourth-order valence-corrected chi connectivity index (χ4v) is 3.65. The maximum Gasteiger partial charge on any atom is 0.279 e. The number of hydrogen-bond acceptors (Lipinski definition) is 3. The molecule has 2 rings (SSSR count). The summed E-state index contributed by atoms with van der Waals surface area (Å²) in [5.41, 5.74) is 2.77. The SMILES string of the molecule is CC[NH+](CC(=O)Nc1ccc(NC(C)=O)cc1)[C@H](C)C(=O)NCCC1=CCCCC1. The van der Waals surface area contributed by atoms with Crippen molar-refractivity contribution in [3.63, 3.8) is 0 Å². The first kappa shape index (κ1) is 23.6. The van der Waals surface area contributed by atoms with Crippen LogP contribution in [0, 0.1) is 0 Å². The predicted molar refractivity (Wildman–Crippen MR) is 119 cm³/mol. The van der Waals surface area contributed by atoms with E-state index in [1.165, 1.54) is 25.3 Å². The van der Waals surface area contributed by atoms with Crippen molar-refractivity contribution < 1.29 is 19.3 Å². The molecule has 30 heavy (non-hydrogen) atoms. The highest BCUT2D eigenvalue weighted by molar-refractivity contribution is 5.93. The van der Waals surface area contributed by atoms with Gasteiger partial charge in [0.15, 0.2) is 12.6 Å². The highest BCUT2D eigenvalue weighted by Gasteiger charge is 2.25. The lowest BCUT2D eigenvalue weighted by Crippen LogP contribution is -3.17. The second kappa shape index (κ2) is 12.1. The van der Waals surface area contributed by atoms with Gasteiger partial charge in [0.1, 0.15) is 0 Å². The van der Waals surface area contributed by atoms with E-state index in [9.17, 15) is 14.4 Å². The molecule has 7 nitrogen and oxygen atoms in total. The number of hydrogen-bond donors (Lipinski definition) is 4. The monoisotopic (exact) mass is 415 g/mol. The van der Waals surface area contributed by atoms with Crippen LogP contribution in [0.2, 0.25) is 0 Å². The standard InChI is InChI=1S/C23H34N4O3/c1-4-27(17(2)23(30)24-15-14-19-8-6-5-7-9-19)16-22(29)26-21-12-10-20(11-13-21)25-18(3)28/h8,10-13,17H,4-7,9,14-16H2,1-3H3,(H,24,30)(H,25,28)(H,26,29)/p+1/t17-/m1/s1. The average molecular weight is 416 g/mol. The van der Waals surface area contributed by atoms with Crippen molar-refractivity contribution >= 4 is 29.1 Å². The Bertz CT molecular complexity index is 758. The minimum atomic E-state index is -0.303. The normalized spacial score (nSPS) is 15.5. The Labute approximate surface area is 179 Å². The molecule has 2 atom stereocenters. The number of benzene rings is 1. The molecule has 0 saturated carbocycles. The molecule has 1 aromatic carbocycles. The Kier molecular flexibility index (Phi) is 9.54. The van der Waals surface area contributed by atoms with E-state index >= 15 is 0 Å². The van der Waals surface area contributed by atoms with E-state index in [-0.39, 0.29) is 30.3 Å². The number of carbonyl (C=O) groups is 3. The molecule has 164 valence electrons. The number of carbonyl (C=O) groups excluding carboxylic acids is 3. The molecule has 1 aliphatic carbocycles. The topological polar surface area (TPSA) is 91.7 Å². The number of amides is 3. The summed E-state index contributed by atoms with van der Waals surface area (Å²) in [5.74, 6) is -0.307. The Hall–Kier alpha value is -2.67. The highest BCUT2D eigenvalue weighted by atomic mass is 16.2. The predicted octanol–water partition coefficient (Wildman–Crippen LogP) is 1.88. The van der Waals surface area contributed by atoms with Gasteiger partial charge in [0.25, 0.3) is 11.8 Å². The van der Waals surface area contributed by atoms with Gasteiger partial charge in [0.2, 0.25) is 5.91 Å². The first-order chi connectivity index (χ1) is 14.4. The Morgan fingerprint density at radius 1 is 1.07 bits per heavy atom. The summed E-state index contributed by atoms with van der Waals surface area (Å²) in [5, 5.41) is 8.57. The molecule has 0 aliphatic heterocycles. The van der Waals surface area contributed by atoms with Crippen LogP contribution in [0.4, 0.5) is 11.4 Å². The van der Waals surface area contributed by atoms with Crippen LogP contribution in [0.3, 0.4) is 0 Å². The summed E-state index contributed by atoms with van der Waals surface area (Å²) in [7, 11) is 0. The van der Waals surface area contributed by atoms with Gasteiger partial charge in [-0.2, -0.15) is 0 Å². The Balaban J connectivity index is 1.79. The van der Waals surface area contributed by atoms with Crippen molar-refractivity contribution in [3.8, 4) is 0 Å². The van der Waals surface area contributed by atoms with Gasteiger partial charge >= 0.3 is 0 Å². The van der Waals surface area contributed by atoms with Gasteiger partial charge in [-0.25, -0.2) is 0 Å². The van der Waals surface area contributed by atoms with E-state index in [2.05, 4.69) is 22.0 Å². The van der Waals surface area contributed by atoms with Crippen molar-refractivity contribution in [2.24, 2.45) is 0 Å². The quantitative estimate of drug-likeness (QED) is 0.440. The van der Waals surface area contributed by atoms with E-state index in [4.69, 9.17) is 0 Å². The molecule has 0 aromatic heterocycles. The largest absolute Gasteiger partial charge is 0.351 e. The van der Waals surface area contributed by atoms with Crippen molar-refractivity contribution in [2.75, 3.05) is 30.3 Å². The zero-order chi connectivity index (χ0) is 21.9.